The molecular formula is C27H26N2O7S. The summed E-state index contributed by atoms with van der Waals surface area (Å²) in [7, 11) is -2.63. The highest BCUT2D eigenvalue weighted by Gasteiger charge is 2.36. The van der Waals surface area contributed by atoms with Gasteiger partial charge in [0, 0.05) is 12.6 Å². The van der Waals surface area contributed by atoms with Gasteiger partial charge in [-0.3, -0.25) is 9.10 Å². The fraction of sp³-hybridized carbons (Fsp3) is 0.222. The topological polar surface area (TPSA) is 119 Å². The lowest BCUT2D eigenvalue weighted by Gasteiger charge is -2.24. The zero-order valence-corrected chi connectivity index (χ0v) is 21.2. The van der Waals surface area contributed by atoms with E-state index in [1.165, 1.54) is 35.7 Å². The van der Waals surface area contributed by atoms with E-state index in [4.69, 9.17) is 4.74 Å². The minimum absolute atomic E-state index is 0.0207. The molecule has 1 heterocycles. The fourth-order valence-electron chi connectivity index (χ4n) is 4.14. The zero-order valence-electron chi connectivity index (χ0n) is 20.3. The highest BCUT2D eigenvalue weighted by Crippen LogP contribution is 2.36. The summed E-state index contributed by atoms with van der Waals surface area (Å²) in [6.45, 7) is 1.47. The Kier molecular flexibility index (Phi) is 7.58. The van der Waals surface area contributed by atoms with Crippen LogP contribution in [0.2, 0.25) is 0 Å². The van der Waals surface area contributed by atoms with Crippen LogP contribution in [0.1, 0.15) is 38.8 Å². The average molecular weight is 523 g/mol. The van der Waals surface area contributed by atoms with Crippen molar-refractivity contribution < 1.29 is 32.3 Å². The Labute approximate surface area is 215 Å². The maximum absolute atomic E-state index is 13.4. The van der Waals surface area contributed by atoms with E-state index in [2.05, 4.69) is 10.1 Å². The van der Waals surface area contributed by atoms with Crippen LogP contribution in [0.25, 0.3) is 0 Å². The SMILES string of the molecule is COC(=O)c1ccc(CNC(=O)COC(=O)c2cccc(S(=O)(=O)N3c4ccccc4CC3C)c2)cc1. The molecule has 1 aliphatic heterocycles. The number of anilines is 1. The summed E-state index contributed by atoms with van der Waals surface area (Å²) >= 11 is 0. The standard InChI is InChI=1S/C27H26N2O7S/c1-18-14-21-6-3-4-9-24(21)29(18)37(33,34)23-8-5-7-22(15-23)27(32)36-17-25(30)28-16-19-10-12-20(13-11-19)26(31)35-2/h3-13,15,18H,14,16-17H2,1-2H3,(H,28,30). The molecule has 1 amide bonds. The minimum atomic E-state index is -3.92. The quantitative estimate of drug-likeness (QED) is 0.452. The number of esters is 2. The van der Waals surface area contributed by atoms with Crippen molar-refractivity contribution in [1.82, 2.24) is 5.32 Å². The van der Waals surface area contributed by atoms with E-state index in [1.807, 2.05) is 19.1 Å². The number of fused-ring (bicyclic) bond motifs is 1. The lowest BCUT2D eigenvalue weighted by molar-refractivity contribution is -0.124. The summed E-state index contributed by atoms with van der Waals surface area (Å²) in [6.07, 6.45) is 0.599. The Morgan fingerprint density at radius 1 is 0.946 bits per heavy atom. The maximum Gasteiger partial charge on any atom is 0.338 e. The first kappa shape index (κ1) is 25.9. The number of hydrogen-bond acceptors (Lipinski definition) is 7. The third kappa shape index (κ3) is 5.64. The Balaban J connectivity index is 1.36. The first-order valence-corrected chi connectivity index (χ1v) is 13.0. The first-order chi connectivity index (χ1) is 17.7. The average Bonchev–Trinajstić information content (AvgIpc) is 3.26. The molecule has 1 atom stereocenters. The van der Waals surface area contributed by atoms with Crippen molar-refractivity contribution in [1.29, 1.82) is 0 Å². The smallest absolute Gasteiger partial charge is 0.338 e. The zero-order chi connectivity index (χ0) is 26.6. The number of ether oxygens (including phenoxy) is 2. The number of nitrogens with zero attached hydrogens (tertiary/aromatic N) is 1. The van der Waals surface area contributed by atoms with Crippen molar-refractivity contribution in [3.8, 4) is 0 Å². The summed E-state index contributed by atoms with van der Waals surface area (Å²) in [5.74, 6) is -1.81. The van der Waals surface area contributed by atoms with E-state index in [9.17, 15) is 22.8 Å². The molecule has 37 heavy (non-hydrogen) atoms. The molecule has 3 aromatic carbocycles. The number of carbonyl (C=O) groups is 3. The van der Waals surface area contributed by atoms with E-state index in [0.717, 1.165) is 11.1 Å². The molecule has 4 rings (SSSR count). The molecule has 0 fully saturated rings. The number of methoxy groups -OCH3 is 1. The van der Waals surface area contributed by atoms with Crippen molar-refractivity contribution in [2.45, 2.75) is 30.8 Å². The number of benzene rings is 3. The normalized spacial score (nSPS) is 14.5. The van der Waals surface area contributed by atoms with Gasteiger partial charge in [-0.05, 0) is 60.9 Å². The van der Waals surface area contributed by atoms with E-state index in [1.54, 1.807) is 36.4 Å². The van der Waals surface area contributed by atoms with Crippen LogP contribution >= 0.6 is 0 Å². The Hall–Kier alpha value is -4.18. The van der Waals surface area contributed by atoms with Crippen LogP contribution in [-0.2, 0) is 37.3 Å². The molecule has 1 N–H and O–H groups in total. The minimum Gasteiger partial charge on any atom is -0.465 e. The molecule has 10 heteroatoms. The van der Waals surface area contributed by atoms with Gasteiger partial charge in [-0.15, -0.1) is 0 Å². The molecule has 0 spiro atoms. The maximum atomic E-state index is 13.4. The van der Waals surface area contributed by atoms with Gasteiger partial charge in [0.15, 0.2) is 6.61 Å². The predicted molar refractivity (Wildman–Crippen MR) is 136 cm³/mol. The third-order valence-corrected chi connectivity index (χ3v) is 7.89. The van der Waals surface area contributed by atoms with Crippen molar-refractivity contribution in [3.63, 3.8) is 0 Å². The molecule has 9 nitrogen and oxygen atoms in total. The number of para-hydroxylation sites is 1. The molecule has 0 aliphatic carbocycles. The molecule has 0 radical (unpaired) electrons. The Morgan fingerprint density at radius 2 is 1.68 bits per heavy atom. The lowest BCUT2D eigenvalue weighted by atomic mass is 10.1. The number of carbonyl (C=O) groups excluding carboxylic acids is 3. The summed E-state index contributed by atoms with van der Waals surface area (Å²) in [6, 6.07) is 19.1. The van der Waals surface area contributed by atoms with Crippen LogP contribution in [0.5, 0.6) is 0 Å². The highest BCUT2D eigenvalue weighted by molar-refractivity contribution is 7.92. The molecule has 0 bridgehead atoms. The molecule has 0 aromatic heterocycles. The third-order valence-electron chi connectivity index (χ3n) is 5.97. The number of hydrogen-bond donors (Lipinski definition) is 1. The van der Waals surface area contributed by atoms with Gasteiger partial charge in [-0.2, -0.15) is 0 Å². The monoisotopic (exact) mass is 522 g/mol. The lowest BCUT2D eigenvalue weighted by Crippen LogP contribution is -2.35. The van der Waals surface area contributed by atoms with Gasteiger partial charge in [0.2, 0.25) is 0 Å². The van der Waals surface area contributed by atoms with E-state index >= 15 is 0 Å². The van der Waals surface area contributed by atoms with Gasteiger partial charge in [0.05, 0.1) is 28.8 Å². The van der Waals surface area contributed by atoms with Gasteiger partial charge in [-0.1, -0.05) is 36.4 Å². The molecule has 1 unspecified atom stereocenters. The molecular weight excluding hydrogens is 496 g/mol. The van der Waals surface area contributed by atoms with Crippen LogP contribution < -0.4 is 9.62 Å². The second-order valence-electron chi connectivity index (χ2n) is 8.55. The van der Waals surface area contributed by atoms with Crippen LogP contribution in [0, 0.1) is 0 Å². The van der Waals surface area contributed by atoms with Crippen LogP contribution in [0.3, 0.4) is 0 Å². The number of amides is 1. The Morgan fingerprint density at radius 3 is 2.41 bits per heavy atom. The van der Waals surface area contributed by atoms with Crippen LogP contribution in [0.4, 0.5) is 5.69 Å². The number of sulfonamides is 1. The molecule has 192 valence electrons. The number of nitrogens with one attached hydrogen (secondary N) is 1. The summed E-state index contributed by atoms with van der Waals surface area (Å²) in [5, 5.41) is 2.62. The van der Waals surface area contributed by atoms with Gasteiger partial charge in [-0.25, -0.2) is 18.0 Å². The van der Waals surface area contributed by atoms with Gasteiger partial charge < -0.3 is 14.8 Å². The number of rotatable bonds is 8. The fourth-order valence-corrected chi connectivity index (χ4v) is 5.88. The first-order valence-electron chi connectivity index (χ1n) is 11.5. The van der Waals surface area contributed by atoms with Crippen LogP contribution in [0.15, 0.2) is 77.7 Å². The largest absolute Gasteiger partial charge is 0.465 e. The van der Waals surface area contributed by atoms with Gasteiger partial charge >= 0.3 is 11.9 Å². The predicted octanol–water partition coefficient (Wildman–Crippen LogP) is 3.09. The van der Waals surface area contributed by atoms with Crippen molar-refractivity contribution in [2.24, 2.45) is 0 Å². The van der Waals surface area contributed by atoms with Gasteiger partial charge in [0.1, 0.15) is 0 Å². The van der Waals surface area contributed by atoms with Crippen molar-refractivity contribution >= 4 is 33.6 Å². The summed E-state index contributed by atoms with van der Waals surface area (Å²) in [5.41, 5.74) is 2.72. The Bertz CT molecular complexity index is 1440. The van der Waals surface area contributed by atoms with Gasteiger partial charge in [0.25, 0.3) is 15.9 Å². The highest BCUT2D eigenvalue weighted by atomic mass is 32.2. The summed E-state index contributed by atoms with van der Waals surface area (Å²) in [4.78, 5) is 36.2. The molecule has 1 aliphatic rings. The van der Waals surface area contributed by atoms with E-state index in [-0.39, 0.29) is 23.0 Å². The van der Waals surface area contributed by atoms with E-state index < -0.39 is 34.5 Å². The summed E-state index contributed by atoms with van der Waals surface area (Å²) < 4.78 is 38.0. The molecule has 0 saturated carbocycles. The second-order valence-corrected chi connectivity index (χ2v) is 10.4. The van der Waals surface area contributed by atoms with E-state index in [0.29, 0.717) is 17.7 Å². The van der Waals surface area contributed by atoms with Crippen molar-refractivity contribution in [3.05, 3.63) is 95.1 Å². The van der Waals surface area contributed by atoms with Crippen molar-refractivity contribution in [2.75, 3.05) is 18.0 Å². The molecule has 0 saturated heterocycles. The van der Waals surface area contributed by atoms with Crippen LogP contribution in [-0.4, -0.2) is 46.0 Å². The second kappa shape index (κ2) is 10.8. The molecule has 3 aromatic rings.